The van der Waals surface area contributed by atoms with Crippen molar-refractivity contribution in [2.75, 3.05) is 5.75 Å². The van der Waals surface area contributed by atoms with Gasteiger partial charge in [0.1, 0.15) is 0 Å². The fourth-order valence-corrected chi connectivity index (χ4v) is 5.79. The third kappa shape index (κ3) is 2.17. The summed E-state index contributed by atoms with van der Waals surface area (Å²) in [6, 6.07) is 8.90. The summed E-state index contributed by atoms with van der Waals surface area (Å²) in [4.78, 5) is 0. The van der Waals surface area contributed by atoms with Crippen LogP contribution in [0.2, 0.25) is 0 Å². The molecule has 1 aromatic rings. The van der Waals surface area contributed by atoms with E-state index in [9.17, 15) is 4.21 Å². The Morgan fingerprint density at radius 1 is 1.21 bits per heavy atom. The SMILES string of the molecule is CC1(C)CS(=O)C2CC(C)(C)c3ccccc3C2N1. The van der Waals surface area contributed by atoms with E-state index in [4.69, 9.17) is 0 Å². The summed E-state index contributed by atoms with van der Waals surface area (Å²) >= 11 is 0. The summed E-state index contributed by atoms with van der Waals surface area (Å²) in [6.07, 6.45) is 1.00. The lowest BCUT2D eigenvalue weighted by molar-refractivity contribution is 0.288. The van der Waals surface area contributed by atoms with Gasteiger partial charge in [-0.3, -0.25) is 4.21 Å². The molecular weight excluding hydrogens is 254 g/mol. The largest absolute Gasteiger partial charge is 0.303 e. The molecule has 0 aromatic heterocycles. The highest BCUT2D eigenvalue weighted by atomic mass is 32.2. The summed E-state index contributed by atoms with van der Waals surface area (Å²) in [6.45, 7) is 8.87. The molecule has 104 valence electrons. The van der Waals surface area contributed by atoms with Gasteiger partial charge < -0.3 is 5.32 Å². The minimum absolute atomic E-state index is 0.0410. The van der Waals surface area contributed by atoms with Crippen LogP contribution in [0.5, 0.6) is 0 Å². The van der Waals surface area contributed by atoms with Gasteiger partial charge in [-0.05, 0) is 36.8 Å². The van der Waals surface area contributed by atoms with Crippen LogP contribution in [0, 0.1) is 0 Å². The summed E-state index contributed by atoms with van der Waals surface area (Å²) in [5.41, 5.74) is 2.85. The zero-order valence-corrected chi connectivity index (χ0v) is 13.0. The van der Waals surface area contributed by atoms with E-state index in [0.717, 1.165) is 12.2 Å². The highest BCUT2D eigenvalue weighted by Crippen LogP contribution is 2.45. The van der Waals surface area contributed by atoms with Crippen LogP contribution in [0.25, 0.3) is 0 Å². The van der Waals surface area contributed by atoms with Crippen LogP contribution in [0.15, 0.2) is 24.3 Å². The molecule has 3 atom stereocenters. The molecule has 1 heterocycles. The Labute approximate surface area is 118 Å². The third-order valence-electron chi connectivity index (χ3n) is 4.50. The Hall–Kier alpha value is -0.670. The number of hydrogen-bond donors (Lipinski definition) is 1. The minimum atomic E-state index is -0.743. The topological polar surface area (TPSA) is 29.1 Å². The van der Waals surface area contributed by atoms with Gasteiger partial charge in [0.2, 0.25) is 0 Å². The van der Waals surface area contributed by atoms with E-state index < -0.39 is 10.8 Å². The lowest BCUT2D eigenvalue weighted by Gasteiger charge is -2.49. The molecule has 3 heteroatoms. The lowest BCUT2D eigenvalue weighted by Crippen LogP contribution is -2.59. The van der Waals surface area contributed by atoms with Crippen molar-refractivity contribution in [2.24, 2.45) is 0 Å². The number of benzene rings is 1. The van der Waals surface area contributed by atoms with Crippen LogP contribution in [0.4, 0.5) is 0 Å². The van der Waals surface area contributed by atoms with Gasteiger partial charge in [0.15, 0.2) is 0 Å². The Morgan fingerprint density at radius 3 is 2.63 bits per heavy atom. The molecule has 3 rings (SSSR count). The molecular formula is C16H23NOS. The predicted octanol–water partition coefficient (Wildman–Crippen LogP) is 2.91. The van der Waals surface area contributed by atoms with E-state index in [-0.39, 0.29) is 22.2 Å². The van der Waals surface area contributed by atoms with Crippen molar-refractivity contribution in [3.63, 3.8) is 0 Å². The zero-order valence-electron chi connectivity index (χ0n) is 12.2. The second-order valence-corrected chi connectivity index (χ2v) is 8.90. The van der Waals surface area contributed by atoms with Gasteiger partial charge in [-0.1, -0.05) is 38.1 Å². The third-order valence-corrected chi connectivity index (χ3v) is 6.62. The summed E-state index contributed by atoms with van der Waals surface area (Å²) in [5, 5.41) is 3.97. The number of hydrogen-bond acceptors (Lipinski definition) is 2. The molecule has 0 saturated carbocycles. The molecule has 19 heavy (non-hydrogen) atoms. The Morgan fingerprint density at radius 2 is 1.89 bits per heavy atom. The molecule has 0 spiro atoms. The molecule has 1 aliphatic heterocycles. The molecule has 1 fully saturated rings. The van der Waals surface area contributed by atoms with E-state index >= 15 is 0 Å². The smallest absolute Gasteiger partial charge is 0.0552 e. The fourth-order valence-electron chi connectivity index (χ4n) is 3.66. The maximum atomic E-state index is 12.6. The molecule has 1 N–H and O–H groups in total. The standard InChI is InChI=1S/C16H23NOS/c1-15(2)9-13-14(11-7-5-6-8-12(11)15)17-16(3,4)10-19(13)18/h5-8,13-14,17H,9-10H2,1-4H3. The molecule has 2 aliphatic rings. The van der Waals surface area contributed by atoms with E-state index in [1.165, 1.54) is 11.1 Å². The van der Waals surface area contributed by atoms with Crippen LogP contribution in [-0.2, 0) is 16.2 Å². The van der Waals surface area contributed by atoms with E-state index in [2.05, 4.69) is 57.3 Å². The Kier molecular flexibility index (Phi) is 2.92. The molecule has 2 nitrogen and oxygen atoms in total. The van der Waals surface area contributed by atoms with Gasteiger partial charge in [-0.15, -0.1) is 0 Å². The van der Waals surface area contributed by atoms with Crippen molar-refractivity contribution in [3.8, 4) is 0 Å². The average molecular weight is 277 g/mol. The molecule has 1 saturated heterocycles. The van der Waals surface area contributed by atoms with Gasteiger partial charge >= 0.3 is 0 Å². The van der Waals surface area contributed by atoms with Crippen LogP contribution >= 0.6 is 0 Å². The van der Waals surface area contributed by atoms with Crippen molar-refractivity contribution in [2.45, 2.75) is 56.4 Å². The van der Waals surface area contributed by atoms with Crippen LogP contribution in [-0.4, -0.2) is 20.8 Å². The second-order valence-electron chi connectivity index (χ2n) is 7.24. The number of rotatable bonds is 0. The summed E-state index contributed by atoms with van der Waals surface area (Å²) < 4.78 is 12.6. The maximum absolute atomic E-state index is 12.6. The number of fused-ring (bicyclic) bond motifs is 3. The van der Waals surface area contributed by atoms with Gasteiger partial charge in [0.25, 0.3) is 0 Å². The van der Waals surface area contributed by atoms with Gasteiger partial charge in [0.05, 0.1) is 5.25 Å². The zero-order chi connectivity index (χ0) is 13.8. The Balaban J connectivity index is 2.12. The molecule has 1 aromatic carbocycles. The van der Waals surface area contributed by atoms with Gasteiger partial charge in [-0.2, -0.15) is 0 Å². The van der Waals surface area contributed by atoms with Crippen LogP contribution in [0.1, 0.15) is 51.3 Å². The van der Waals surface area contributed by atoms with Crippen molar-refractivity contribution >= 4 is 10.8 Å². The summed E-state index contributed by atoms with van der Waals surface area (Å²) in [7, 11) is -0.743. The molecule has 1 aliphatic carbocycles. The van der Waals surface area contributed by atoms with Crippen molar-refractivity contribution in [1.82, 2.24) is 5.32 Å². The Bertz CT molecular complexity index is 535. The van der Waals surface area contributed by atoms with E-state index in [1.807, 2.05) is 0 Å². The van der Waals surface area contributed by atoms with Gasteiger partial charge in [-0.25, -0.2) is 0 Å². The molecule has 0 bridgehead atoms. The van der Waals surface area contributed by atoms with Crippen molar-refractivity contribution in [1.29, 1.82) is 0 Å². The van der Waals surface area contributed by atoms with Crippen molar-refractivity contribution in [3.05, 3.63) is 35.4 Å². The highest BCUT2D eigenvalue weighted by molar-refractivity contribution is 7.85. The first kappa shape index (κ1) is 13.3. The maximum Gasteiger partial charge on any atom is 0.0552 e. The number of nitrogens with one attached hydrogen (secondary N) is 1. The van der Waals surface area contributed by atoms with Gasteiger partial charge in [0, 0.05) is 28.1 Å². The fraction of sp³-hybridized carbons (Fsp3) is 0.625. The van der Waals surface area contributed by atoms with E-state index in [0.29, 0.717) is 0 Å². The lowest BCUT2D eigenvalue weighted by atomic mass is 9.70. The van der Waals surface area contributed by atoms with Crippen molar-refractivity contribution < 1.29 is 4.21 Å². The minimum Gasteiger partial charge on any atom is -0.303 e. The average Bonchev–Trinajstić information content (AvgIpc) is 2.31. The molecule has 0 amide bonds. The predicted molar refractivity (Wildman–Crippen MR) is 80.8 cm³/mol. The quantitative estimate of drug-likeness (QED) is 0.790. The first-order valence-electron chi connectivity index (χ1n) is 7.04. The van der Waals surface area contributed by atoms with Crippen LogP contribution < -0.4 is 5.32 Å². The summed E-state index contributed by atoms with van der Waals surface area (Å²) in [5.74, 6) is 0.756. The second kappa shape index (κ2) is 4.16. The van der Waals surface area contributed by atoms with Crippen LogP contribution in [0.3, 0.4) is 0 Å². The molecule has 3 unspecified atom stereocenters. The monoisotopic (exact) mass is 277 g/mol. The molecule has 0 radical (unpaired) electrons. The highest BCUT2D eigenvalue weighted by Gasteiger charge is 2.47. The van der Waals surface area contributed by atoms with E-state index in [1.54, 1.807) is 0 Å². The first-order valence-corrected chi connectivity index (χ1v) is 8.43. The first-order chi connectivity index (χ1) is 8.80. The normalized spacial score (nSPS) is 35.3.